The first kappa shape index (κ1) is 12.0. The molecule has 0 amide bonds. The number of hydrogen-bond acceptors (Lipinski definition) is 3. The van der Waals surface area contributed by atoms with Crippen molar-refractivity contribution in [3.8, 4) is 0 Å². The lowest BCUT2D eigenvalue weighted by molar-refractivity contribution is -0.117. The van der Waals surface area contributed by atoms with Crippen LogP contribution in [-0.4, -0.2) is 28.5 Å². The third kappa shape index (κ3) is 4.78. The van der Waals surface area contributed by atoms with E-state index in [-0.39, 0.29) is 11.9 Å². The SMILES string of the molecule is CCC(=O)C(C)SCC(C)CO. The van der Waals surface area contributed by atoms with Gasteiger partial charge in [0.05, 0.1) is 5.25 Å². The van der Waals surface area contributed by atoms with E-state index in [1.54, 1.807) is 11.8 Å². The van der Waals surface area contributed by atoms with E-state index < -0.39 is 0 Å². The highest BCUT2D eigenvalue weighted by Crippen LogP contribution is 2.16. The first-order chi connectivity index (χ1) is 5.61. The van der Waals surface area contributed by atoms with Crippen molar-refractivity contribution in [2.45, 2.75) is 32.4 Å². The minimum absolute atomic E-state index is 0.0870. The van der Waals surface area contributed by atoms with Crippen molar-refractivity contribution in [1.29, 1.82) is 0 Å². The minimum Gasteiger partial charge on any atom is -0.396 e. The molecule has 0 aliphatic rings. The third-order valence-corrected chi connectivity index (χ3v) is 3.27. The van der Waals surface area contributed by atoms with Crippen LogP contribution in [0, 0.1) is 5.92 Å². The number of ketones is 1. The molecular formula is C9H18O2S. The normalized spacial score (nSPS) is 15.7. The number of carbonyl (C=O) groups excluding carboxylic acids is 1. The highest BCUT2D eigenvalue weighted by molar-refractivity contribution is 8.00. The van der Waals surface area contributed by atoms with Gasteiger partial charge in [0.25, 0.3) is 0 Å². The fraction of sp³-hybridized carbons (Fsp3) is 0.889. The number of thioether (sulfide) groups is 1. The Balaban J connectivity index is 3.56. The van der Waals surface area contributed by atoms with E-state index in [0.29, 0.717) is 18.1 Å². The Morgan fingerprint density at radius 1 is 1.50 bits per heavy atom. The second-order valence-corrected chi connectivity index (χ2v) is 4.46. The van der Waals surface area contributed by atoms with Crippen LogP contribution >= 0.6 is 11.8 Å². The Kier molecular flexibility index (Phi) is 6.48. The van der Waals surface area contributed by atoms with Crippen LogP contribution in [0.5, 0.6) is 0 Å². The van der Waals surface area contributed by atoms with Gasteiger partial charge >= 0.3 is 0 Å². The van der Waals surface area contributed by atoms with Crippen molar-refractivity contribution in [3.63, 3.8) is 0 Å². The summed E-state index contributed by atoms with van der Waals surface area (Å²) in [6, 6.07) is 0. The number of aliphatic hydroxyl groups excluding tert-OH is 1. The topological polar surface area (TPSA) is 37.3 Å². The van der Waals surface area contributed by atoms with Gasteiger partial charge in [-0.3, -0.25) is 4.79 Å². The summed E-state index contributed by atoms with van der Waals surface area (Å²) < 4.78 is 0. The third-order valence-electron chi connectivity index (χ3n) is 1.74. The molecule has 2 unspecified atom stereocenters. The molecule has 0 radical (unpaired) electrons. The van der Waals surface area contributed by atoms with Crippen LogP contribution < -0.4 is 0 Å². The molecule has 2 atom stereocenters. The maximum absolute atomic E-state index is 11.1. The Morgan fingerprint density at radius 2 is 2.08 bits per heavy atom. The summed E-state index contributed by atoms with van der Waals surface area (Å²) in [7, 11) is 0. The summed E-state index contributed by atoms with van der Waals surface area (Å²) in [5.41, 5.74) is 0. The highest BCUT2D eigenvalue weighted by atomic mass is 32.2. The van der Waals surface area contributed by atoms with Gasteiger partial charge in [0, 0.05) is 13.0 Å². The van der Waals surface area contributed by atoms with Crippen molar-refractivity contribution < 1.29 is 9.90 Å². The molecule has 0 aliphatic carbocycles. The minimum atomic E-state index is 0.0870. The number of carbonyl (C=O) groups is 1. The lowest BCUT2D eigenvalue weighted by atomic mass is 10.2. The Morgan fingerprint density at radius 3 is 2.50 bits per heavy atom. The van der Waals surface area contributed by atoms with Crippen LogP contribution in [0.2, 0.25) is 0 Å². The standard InChI is InChI=1S/C9H18O2S/c1-4-9(11)8(3)12-6-7(2)5-10/h7-8,10H,4-6H2,1-3H3. The van der Waals surface area contributed by atoms with Gasteiger partial charge in [-0.05, 0) is 18.6 Å². The van der Waals surface area contributed by atoms with E-state index >= 15 is 0 Å². The van der Waals surface area contributed by atoms with E-state index in [1.165, 1.54) is 0 Å². The number of Topliss-reactive ketones (excluding diaryl/α,β-unsaturated/α-hetero) is 1. The van der Waals surface area contributed by atoms with Gasteiger partial charge in [0.15, 0.2) is 0 Å². The summed E-state index contributed by atoms with van der Waals surface area (Å²) in [6.07, 6.45) is 0.613. The zero-order chi connectivity index (χ0) is 9.56. The molecule has 0 rings (SSSR count). The van der Waals surface area contributed by atoms with Crippen molar-refractivity contribution >= 4 is 17.5 Å². The molecule has 3 heteroatoms. The van der Waals surface area contributed by atoms with Crippen LogP contribution in [0.1, 0.15) is 27.2 Å². The van der Waals surface area contributed by atoms with Crippen LogP contribution in [-0.2, 0) is 4.79 Å². The molecular weight excluding hydrogens is 172 g/mol. The van der Waals surface area contributed by atoms with E-state index in [0.717, 1.165) is 5.75 Å². The largest absolute Gasteiger partial charge is 0.396 e. The second kappa shape index (κ2) is 6.49. The average Bonchev–Trinajstić information content (AvgIpc) is 2.11. The van der Waals surface area contributed by atoms with E-state index in [9.17, 15) is 4.79 Å². The lowest BCUT2D eigenvalue weighted by Gasteiger charge is -2.11. The molecule has 72 valence electrons. The van der Waals surface area contributed by atoms with Gasteiger partial charge in [-0.25, -0.2) is 0 Å². The monoisotopic (exact) mass is 190 g/mol. The Bertz CT molecular complexity index is 136. The first-order valence-electron chi connectivity index (χ1n) is 4.37. The predicted molar refractivity (Wildman–Crippen MR) is 53.5 cm³/mol. The van der Waals surface area contributed by atoms with Crippen molar-refractivity contribution in [2.24, 2.45) is 5.92 Å². The highest BCUT2D eigenvalue weighted by Gasteiger charge is 2.12. The summed E-state index contributed by atoms with van der Waals surface area (Å²) in [5.74, 6) is 1.45. The molecule has 0 saturated carbocycles. The smallest absolute Gasteiger partial charge is 0.145 e. The van der Waals surface area contributed by atoms with Crippen LogP contribution in [0.3, 0.4) is 0 Å². The van der Waals surface area contributed by atoms with E-state index in [4.69, 9.17) is 5.11 Å². The second-order valence-electron chi connectivity index (χ2n) is 3.08. The molecule has 0 aromatic heterocycles. The Labute approximate surface area is 78.7 Å². The number of aliphatic hydroxyl groups is 1. The van der Waals surface area contributed by atoms with E-state index in [1.807, 2.05) is 20.8 Å². The van der Waals surface area contributed by atoms with Gasteiger partial charge in [0.1, 0.15) is 5.78 Å². The van der Waals surface area contributed by atoms with Crippen molar-refractivity contribution in [2.75, 3.05) is 12.4 Å². The average molecular weight is 190 g/mol. The van der Waals surface area contributed by atoms with Crippen molar-refractivity contribution in [1.82, 2.24) is 0 Å². The van der Waals surface area contributed by atoms with Crippen LogP contribution in [0.15, 0.2) is 0 Å². The molecule has 0 spiro atoms. The summed E-state index contributed by atoms with van der Waals surface area (Å²) >= 11 is 1.63. The fourth-order valence-corrected chi connectivity index (χ4v) is 1.82. The van der Waals surface area contributed by atoms with Crippen LogP contribution in [0.25, 0.3) is 0 Å². The van der Waals surface area contributed by atoms with Crippen LogP contribution in [0.4, 0.5) is 0 Å². The zero-order valence-electron chi connectivity index (χ0n) is 8.04. The maximum Gasteiger partial charge on any atom is 0.145 e. The molecule has 0 fully saturated rings. The lowest BCUT2D eigenvalue weighted by Crippen LogP contribution is -2.15. The van der Waals surface area contributed by atoms with Gasteiger partial charge in [-0.1, -0.05) is 13.8 Å². The molecule has 0 aliphatic heterocycles. The summed E-state index contributed by atoms with van der Waals surface area (Å²) in [5, 5.41) is 8.83. The molecule has 0 aromatic carbocycles. The molecule has 2 nitrogen and oxygen atoms in total. The van der Waals surface area contributed by atoms with Crippen molar-refractivity contribution in [3.05, 3.63) is 0 Å². The first-order valence-corrected chi connectivity index (χ1v) is 5.41. The molecule has 0 aromatic rings. The maximum atomic E-state index is 11.1. The molecule has 12 heavy (non-hydrogen) atoms. The van der Waals surface area contributed by atoms with Gasteiger partial charge in [0.2, 0.25) is 0 Å². The quantitative estimate of drug-likeness (QED) is 0.693. The number of rotatable bonds is 6. The molecule has 0 saturated heterocycles. The fourth-order valence-electron chi connectivity index (χ4n) is 0.742. The van der Waals surface area contributed by atoms with Gasteiger partial charge in [-0.2, -0.15) is 11.8 Å². The molecule has 0 heterocycles. The van der Waals surface area contributed by atoms with Gasteiger partial charge < -0.3 is 5.11 Å². The summed E-state index contributed by atoms with van der Waals surface area (Å²) in [6.45, 7) is 6.01. The molecule has 0 bridgehead atoms. The summed E-state index contributed by atoms with van der Waals surface area (Å²) in [4.78, 5) is 11.1. The Hall–Kier alpha value is -0.0200. The zero-order valence-corrected chi connectivity index (χ0v) is 8.86. The predicted octanol–water partition coefficient (Wildman–Crippen LogP) is 1.72. The van der Waals surface area contributed by atoms with Gasteiger partial charge in [-0.15, -0.1) is 0 Å². The van der Waals surface area contributed by atoms with E-state index in [2.05, 4.69) is 0 Å². The number of hydrogen-bond donors (Lipinski definition) is 1. The molecule has 1 N–H and O–H groups in total.